The second-order valence-electron chi connectivity index (χ2n) is 5.82. The average Bonchev–Trinajstić information content (AvgIpc) is 3.37. The number of ether oxygens (including phenoxy) is 1. The highest BCUT2D eigenvalue weighted by Crippen LogP contribution is 2.29. The van der Waals surface area contributed by atoms with E-state index in [4.69, 9.17) is 4.74 Å². The van der Waals surface area contributed by atoms with Crippen LogP contribution in [0.25, 0.3) is 0 Å². The number of nitrogens with zero attached hydrogens (tertiary/aromatic N) is 2. The summed E-state index contributed by atoms with van der Waals surface area (Å²) in [6.07, 6.45) is 8.04. The molecule has 0 unspecified atom stereocenters. The standard InChI is InChI=1S/C17H28N4O/c1-3-4-5-9-20-17(18-2)21-12-15-8-10-19-16(11-15)22-13-14-6-7-14/h8,10-11,14H,3-7,9,12-13H2,1-2H3,(H2,18,20,21). The van der Waals surface area contributed by atoms with Gasteiger partial charge in [0.25, 0.3) is 0 Å². The summed E-state index contributed by atoms with van der Waals surface area (Å²) in [6, 6.07) is 4.00. The highest BCUT2D eigenvalue weighted by Gasteiger charge is 2.22. The van der Waals surface area contributed by atoms with Gasteiger partial charge in [-0.05, 0) is 36.8 Å². The quantitative estimate of drug-likeness (QED) is 0.418. The Morgan fingerprint density at radius 3 is 2.95 bits per heavy atom. The molecule has 1 aromatic heterocycles. The number of hydrogen-bond acceptors (Lipinski definition) is 3. The summed E-state index contributed by atoms with van der Waals surface area (Å²) < 4.78 is 5.71. The number of nitrogens with one attached hydrogen (secondary N) is 2. The number of aliphatic imine (C=N–C) groups is 1. The lowest BCUT2D eigenvalue weighted by Gasteiger charge is -2.12. The van der Waals surface area contributed by atoms with Crippen molar-refractivity contribution in [1.82, 2.24) is 15.6 Å². The van der Waals surface area contributed by atoms with Gasteiger partial charge in [-0.15, -0.1) is 0 Å². The number of guanidine groups is 1. The van der Waals surface area contributed by atoms with Crippen molar-refractivity contribution >= 4 is 5.96 Å². The molecule has 1 heterocycles. The SMILES string of the molecule is CCCCCNC(=NC)NCc1ccnc(OCC2CC2)c1. The van der Waals surface area contributed by atoms with Gasteiger partial charge >= 0.3 is 0 Å². The summed E-state index contributed by atoms with van der Waals surface area (Å²) in [5, 5.41) is 6.65. The van der Waals surface area contributed by atoms with Gasteiger partial charge in [0.1, 0.15) is 0 Å². The Labute approximate surface area is 133 Å². The van der Waals surface area contributed by atoms with Gasteiger partial charge in [0.15, 0.2) is 5.96 Å². The molecule has 1 aromatic rings. The first-order valence-corrected chi connectivity index (χ1v) is 8.34. The lowest BCUT2D eigenvalue weighted by molar-refractivity contribution is 0.288. The maximum Gasteiger partial charge on any atom is 0.213 e. The molecule has 0 radical (unpaired) electrons. The van der Waals surface area contributed by atoms with E-state index in [1.54, 1.807) is 13.2 Å². The van der Waals surface area contributed by atoms with Crippen molar-refractivity contribution < 1.29 is 4.74 Å². The number of hydrogen-bond donors (Lipinski definition) is 2. The maximum absolute atomic E-state index is 5.71. The van der Waals surface area contributed by atoms with E-state index in [2.05, 4.69) is 27.5 Å². The van der Waals surface area contributed by atoms with Gasteiger partial charge in [-0.1, -0.05) is 19.8 Å². The zero-order valence-corrected chi connectivity index (χ0v) is 13.8. The van der Waals surface area contributed by atoms with E-state index in [9.17, 15) is 0 Å². The summed E-state index contributed by atoms with van der Waals surface area (Å²) in [6.45, 7) is 4.68. The third-order valence-electron chi connectivity index (χ3n) is 3.72. The molecule has 1 aliphatic carbocycles. The molecule has 0 aromatic carbocycles. The van der Waals surface area contributed by atoms with Gasteiger partial charge in [0.2, 0.25) is 5.88 Å². The third kappa shape index (κ3) is 6.33. The first kappa shape index (κ1) is 16.6. The van der Waals surface area contributed by atoms with Crippen molar-refractivity contribution in [3.63, 3.8) is 0 Å². The Morgan fingerprint density at radius 2 is 2.23 bits per heavy atom. The molecule has 22 heavy (non-hydrogen) atoms. The third-order valence-corrected chi connectivity index (χ3v) is 3.72. The predicted molar refractivity (Wildman–Crippen MR) is 90.2 cm³/mol. The molecule has 0 spiro atoms. The molecule has 5 heteroatoms. The van der Waals surface area contributed by atoms with Crippen molar-refractivity contribution in [2.24, 2.45) is 10.9 Å². The highest BCUT2D eigenvalue weighted by atomic mass is 16.5. The first-order valence-electron chi connectivity index (χ1n) is 8.34. The van der Waals surface area contributed by atoms with Gasteiger partial charge in [0.05, 0.1) is 6.61 Å². The molecule has 0 amide bonds. The Hall–Kier alpha value is -1.78. The molecular formula is C17H28N4O. The maximum atomic E-state index is 5.71. The van der Waals surface area contributed by atoms with E-state index in [1.165, 1.54) is 32.1 Å². The summed E-state index contributed by atoms with van der Waals surface area (Å²) in [5.74, 6) is 2.31. The van der Waals surface area contributed by atoms with Crippen molar-refractivity contribution in [2.45, 2.75) is 45.6 Å². The lowest BCUT2D eigenvalue weighted by Crippen LogP contribution is -2.37. The van der Waals surface area contributed by atoms with E-state index in [0.29, 0.717) is 0 Å². The number of aromatic nitrogens is 1. The summed E-state index contributed by atoms with van der Waals surface area (Å²) >= 11 is 0. The molecule has 1 saturated carbocycles. The minimum atomic E-state index is 0.718. The molecule has 1 aliphatic rings. The number of unbranched alkanes of at least 4 members (excludes halogenated alkanes) is 2. The zero-order valence-electron chi connectivity index (χ0n) is 13.8. The fraction of sp³-hybridized carbons (Fsp3) is 0.647. The van der Waals surface area contributed by atoms with E-state index in [0.717, 1.165) is 43.0 Å². The van der Waals surface area contributed by atoms with Crippen LogP contribution in [0, 0.1) is 5.92 Å². The smallest absolute Gasteiger partial charge is 0.213 e. The van der Waals surface area contributed by atoms with Crippen LogP contribution < -0.4 is 15.4 Å². The van der Waals surface area contributed by atoms with Gasteiger partial charge in [-0.25, -0.2) is 4.98 Å². The van der Waals surface area contributed by atoms with Gasteiger partial charge < -0.3 is 15.4 Å². The molecule has 2 N–H and O–H groups in total. The highest BCUT2D eigenvalue weighted by molar-refractivity contribution is 5.79. The van der Waals surface area contributed by atoms with Gasteiger partial charge in [-0.2, -0.15) is 0 Å². The van der Waals surface area contributed by atoms with E-state index in [1.807, 2.05) is 12.1 Å². The molecule has 122 valence electrons. The fourth-order valence-corrected chi connectivity index (χ4v) is 2.12. The number of pyridine rings is 1. The second-order valence-corrected chi connectivity index (χ2v) is 5.82. The van der Waals surface area contributed by atoms with Crippen molar-refractivity contribution in [3.05, 3.63) is 23.9 Å². The largest absolute Gasteiger partial charge is 0.477 e. The van der Waals surface area contributed by atoms with Crippen LogP contribution in [-0.2, 0) is 6.54 Å². The fourth-order valence-electron chi connectivity index (χ4n) is 2.12. The summed E-state index contributed by atoms with van der Waals surface area (Å²) in [4.78, 5) is 8.50. The Bertz CT molecular complexity index is 471. The molecule has 5 nitrogen and oxygen atoms in total. The van der Waals surface area contributed by atoms with Crippen LogP contribution in [0.5, 0.6) is 5.88 Å². The zero-order chi connectivity index (χ0) is 15.6. The normalized spacial score (nSPS) is 14.7. The van der Waals surface area contributed by atoms with Crippen molar-refractivity contribution in [1.29, 1.82) is 0 Å². The van der Waals surface area contributed by atoms with Crippen molar-refractivity contribution in [2.75, 3.05) is 20.2 Å². The first-order chi connectivity index (χ1) is 10.8. The molecule has 0 aliphatic heterocycles. The Morgan fingerprint density at radius 1 is 1.36 bits per heavy atom. The number of rotatable bonds is 9. The topological polar surface area (TPSA) is 58.5 Å². The minimum absolute atomic E-state index is 0.718. The molecule has 2 rings (SSSR count). The van der Waals surface area contributed by atoms with Crippen LogP contribution in [0.1, 0.15) is 44.6 Å². The molecule has 0 atom stereocenters. The van der Waals surface area contributed by atoms with Crippen LogP contribution in [-0.4, -0.2) is 31.1 Å². The molecule has 0 saturated heterocycles. The van der Waals surface area contributed by atoms with Crippen LogP contribution in [0.2, 0.25) is 0 Å². The van der Waals surface area contributed by atoms with E-state index in [-0.39, 0.29) is 0 Å². The van der Waals surface area contributed by atoms with Crippen LogP contribution >= 0.6 is 0 Å². The average molecular weight is 304 g/mol. The Balaban J connectivity index is 1.73. The molecule has 1 fully saturated rings. The van der Waals surface area contributed by atoms with Crippen LogP contribution in [0.15, 0.2) is 23.3 Å². The predicted octanol–water partition coefficient (Wildman–Crippen LogP) is 2.73. The van der Waals surface area contributed by atoms with Crippen molar-refractivity contribution in [3.8, 4) is 5.88 Å². The molecule has 0 bridgehead atoms. The monoisotopic (exact) mass is 304 g/mol. The van der Waals surface area contributed by atoms with Crippen LogP contribution in [0.3, 0.4) is 0 Å². The Kier molecular flexibility index (Phi) is 7.00. The second kappa shape index (κ2) is 9.28. The lowest BCUT2D eigenvalue weighted by atomic mass is 10.2. The molecular weight excluding hydrogens is 276 g/mol. The van der Waals surface area contributed by atoms with Gasteiger partial charge in [-0.3, -0.25) is 4.99 Å². The minimum Gasteiger partial charge on any atom is -0.477 e. The van der Waals surface area contributed by atoms with Crippen LogP contribution in [0.4, 0.5) is 0 Å². The van der Waals surface area contributed by atoms with E-state index < -0.39 is 0 Å². The summed E-state index contributed by atoms with van der Waals surface area (Å²) in [5.41, 5.74) is 1.15. The van der Waals surface area contributed by atoms with E-state index >= 15 is 0 Å². The summed E-state index contributed by atoms with van der Waals surface area (Å²) in [7, 11) is 1.80. The van der Waals surface area contributed by atoms with Gasteiger partial charge in [0, 0.05) is 32.4 Å².